The fraction of sp³-hybridized carbons (Fsp3) is 0.550. The number of nitrogens with zero attached hydrogens (tertiary/aromatic N) is 2. The van der Waals surface area contributed by atoms with Crippen molar-refractivity contribution in [2.45, 2.75) is 51.0 Å². The van der Waals surface area contributed by atoms with Gasteiger partial charge in [0.05, 0.1) is 23.3 Å². The Morgan fingerprint density at radius 3 is 2.81 bits per heavy atom. The molecule has 2 N–H and O–H groups in total. The molecular formula is C20H26N4O2. The number of carbonyl (C=O) groups is 2. The molecule has 1 aromatic heterocycles. The van der Waals surface area contributed by atoms with Crippen molar-refractivity contribution in [1.29, 1.82) is 0 Å². The maximum Gasteiger partial charge on any atom is 0.253 e. The van der Waals surface area contributed by atoms with E-state index < -0.39 is 0 Å². The smallest absolute Gasteiger partial charge is 0.253 e. The van der Waals surface area contributed by atoms with E-state index in [2.05, 4.69) is 15.3 Å². The molecule has 2 heterocycles. The van der Waals surface area contributed by atoms with E-state index in [0.717, 1.165) is 36.7 Å². The largest absolute Gasteiger partial charge is 0.353 e. The highest BCUT2D eigenvalue weighted by molar-refractivity contribution is 5.97. The van der Waals surface area contributed by atoms with Gasteiger partial charge in [0.25, 0.3) is 5.91 Å². The minimum atomic E-state index is -0.0921. The SMILES string of the molecule is O=C(NC1CCCCC1)C1CCCN(C(=O)c2ccc3nc[nH]c3c2)C1. The maximum atomic E-state index is 12.9. The Hall–Kier alpha value is -2.37. The van der Waals surface area contributed by atoms with Crippen LogP contribution in [0.1, 0.15) is 55.3 Å². The first-order valence-electron chi connectivity index (χ1n) is 9.73. The number of imidazole rings is 1. The number of piperidine rings is 1. The van der Waals surface area contributed by atoms with E-state index in [-0.39, 0.29) is 17.7 Å². The first-order chi connectivity index (χ1) is 12.7. The Labute approximate surface area is 153 Å². The zero-order valence-corrected chi connectivity index (χ0v) is 15.0. The Balaban J connectivity index is 1.40. The van der Waals surface area contributed by atoms with Crippen LogP contribution in [0.25, 0.3) is 11.0 Å². The van der Waals surface area contributed by atoms with Gasteiger partial charge in [-0.25, -0.2) is 4.98 Å². The highest BCUT2D eigenvalue weighted by atomic mass is 16.2. The lowest BCUT2D eigenvalue weighted by molar-refractivity contribution is -0.127. The number of amides is 2. The Morgan fingerprint density at radius 2 is 1.96 bits per heavy atom. The van der Waals surface area contributed by atoms with Crippen molar-refractivity contribution in [2.75, 3.05) is 13.1 Å². The van der Waals surface area contributed by atoms with E-state index in [1.54, 1.807) is 6.33 Å². The number of H-pyrrole nitrogens is 1. The standard InChI is InChI=1S/C20H26N4O2/c25-19(23-16-6-2-1-3-7-16)15-5-4-10-24(12-15)20(26)14-8-9-17-18(11-14)22-13-21-17/h8-9,11,13,15-16H,1-7,10,12H2,(H,21,22)(H,23,25). The van der Waals surface area contributed by atoms with Gasteiger partial charge in [-0.15, -0.1) is 0 Å². The molecule has 1 unspecified atom stereocenters. The van der Waals surface area contributed by atoms with E-state index in [9.17, 15) is 9.59 Å². The summed E-state index contributed by atoms with van der Waals surface area (Å²) in [5.74, 6) is 0.0283. The van der Waals surface area contributed by atoms with Crippen molar-refractivity contribution in [2.24, 2.45) is 5.92 Å². The van der Waals surface area contributed by atoms with E-state index in [1.807, 2.05) is 23.1 Å². The molecule has 2 fully saturated rings. The average molecular weight is 354 g/mol. The lowest BCUT2D eigenvalue weighted by Crippen LogP contribution is -2.47. The van der Waals surface area contributed by atoms with Crippen molar-refractivity contribution >= 4 is 22.8 Å². The van der Waals surface area contributed by atoms with Crippen molar-refractivity contribution in [3.63, 3.8) is 0 Å². The van der Waals surface area contributed by atoms with Gasteiger partial charge in [-0.2, -0.15) is 0 Å². The second kappa shape index (κ2) is 7.48. The molecule has 0 spiro atoms. The quantitative estimate of drug-likeness (QED) is 0.890. The second-order valence-corrected chi connectivity index (χ2v) is 7.57. The van der Waals surface area contributed by atoms with Crippen LogP contribution in [0.3, 0.4) is 0 Å². The molecule has 6 nitrogen and oxygen atoms in total. The molecule has 2 aromatic rings. The van der Waals surface area contributed by atoms with Crippen LogP contribution in [0.5, 0.6) is 0 Å². The highest BCUT2D eigenvalue weighted by Gasteiger charge is 2.30. The second-order valence-electron chi connectivity index (χ2n) is 7.57. The maximum absolute atomic E-state index is 12.9. The van der Waals surface area contributed by atoms with Gasteiger partial charge in [0.1, 0.15) is 0 Å². The number of aromatic nitrogens is 2. The number of carbonyl (C=O) groups excluding carboxylic acids is 2. The fourth-order valence-electron chi connectivity index (χ4n) is 4.19. The van der Waals surface area contributed by atoms with Gasteiger partial charge in [0, 0.05) is 24.7 Å². The summed E-state index contributed by atoms with van der Waals surface area (Å²) in [7, 11) is 0. The Morgan fingerprint density at radius 1 is 1.12 bits per heavy atom. The number of fused-ring (bicyclic) bond motifs is 1. The summed E-state index contributed by atoms with van der Waals surface area (Å²) in [6.07, 6.45) is 9.23. The minimum Gasteiger partial charge on any atom is -0.353 e. The molecule has 1 aromatic carbocycles. The molecule has 2 amide bonds. The van der Waals surface area contributed by atoms with Crippen molar-refractivity contribution in [3.8, 4) is 0 Å². The number of aromatic amines is 1. The molecule has 6 heteroatoms. The van der Waals surface area contributed by atoms with Gasteiger partial charge in [-0.05, 0) is 43.9 Å². The summed E-state index contributed by atoms with van der Waals surface area (Å²) >= 11 is 0. The first kappa shape index (κ1) is 17.1. The first-order valence-corrected chi connectivity index (χ1v) is 9.73. The van der Waals surface area contributed by atoms with Gasteiger partial charge in [0.2, 0.25) is 5.91 Å². The van der Waals surface area contributed by atoms with Crippen LogP contribution in [-0.4, -0.2) is 45.8 Å². The number of hydrogen-bond donors (Lipinski definition) is 2. The molecule has 1 saturated heterocycles. The Bertz CT molecular complexity index is 794. The third-order valence-electron chi connectivity index (χ3n) is 5.70. The summed E-state index contributed by atoms with van der Waals surface area (Å²) in [5.41, 5.74) is 2.36. The van der Waals surface area contributed by atoms with E-state index in [1.165, 1.54) is 19.3 Å². The highest BCUT2D eigenvalue weighted by Crippen LogP contribution is 2.22. The van der Waals surface area contributed by atoms with Gasteiger partial charge in [-0.1, -0.05) is 19.3 Å². The van der Waals surface area contributed by atoms with Crippen LogP contribution < -0.4 is 5.32 Å². The third-order valence-corrected chi connectivity index (χ3v) is 5.70. The van der Waals surface area contributed by atoms with Crippen molar-refractivity contribution in [1.82, 2.24) is 20.2 Å². The Kier molecular flexibility index (Phi) is 4.91. The number of rotatable bonds is 3. The summed E-state index contributed by atoms with van der Waals surface area (Å²) in [6, 6.07) is 5.84. The molecule has 0 radical (unpaired) electrons. The molecule has 0 bridgehead atoms. The van der Waals surface area contributed by atoms with Crippen LogP contribution >= 0.6 is 0 Å². The molecule has 1 aliphatic carbocycles. The van der Waals surface area contributed by atoms with Gasteiger partial charge in [-0.3, -0.25) is 9.59 Å². The normalized spacial score (nSPS) is 21.7. The number of likely N-dealkylation sites (tertiary alicyclic amines) is 1. The summed E-state index contributed by atoms with van der Waals surface area (Å²) in [4.78, 5) is 34.6. The molecule has 1 saturated carbocycles. The predicted octanol–water partition coefficient (Wildman–Crippen LogP) is 2.86. The lowest BCUT2D eigenvalue weighted by Gasteiger charge is -2.33. The number of benzene rings is 1. The molecule has 26 heavy (non-hydrogen) atoms. The zero-order chi connectivity index (χ0) is 17.9. The molecule has 4 rings (SSSR count). The minimum absolute atomic E-state index is 0.00309. The van der Waals surface area contributed by atoms with E-state index in [4.69, 9.17) is 0 Å². The van der Waals surface area contributed by atoms with Crippen molar-refractivity contribution in [3.05, 3.63) is 30.1 Å². The molecular weight excluding hydrogens is 328 g/mol. The van der Waals surface area contributed by atoms with Crippen LogP contribution in [0.2, 0.25) is 0 Å². The van der Waals surface area contributed by atoms with Crippen LogP contribution in [0, 0.1) is 5.92 Å². The molecule has 1 aliphatic heterocycles. The third kappa shape index (κ3) is 3.59. The molecule has 2 aliphatic rings. The summed E-state index contributed by atoms with van der Waals surface area (Å²) in [5, 5.41) is 3.22. The predicted molar refractivity (Wildman–Crippen MR) is 99.7 cm³/mol. The van der Waals surface area contributed by atoms with Gasteiger partial charge >= 0.3 is 0 Å². The van der Waals surface area contributed by atoms with Crippen molar-refractivity contribution < 1.29 is 9.59 Å². The van der Waals surface area contributed by atoms with Crippen LogP contribution in [-0.2, 0) is 4.79 Å². The van der Waals surface area contributed by atoms with Crippen LogP contribution in [0.4, 0.5) is 0 Å². The summed E-state index contributed by atoms with van der Waals surface area (Å²) in [6.45, 7) is 1.23. The monoisotopic (exact) mass is 354 g/mol. The lowest BCUT2D eigenvalue weighted by atomic mass is 9.92. The average Bonchev–Trinajstić information content (AvgIpc) is 3.16. The summed E-state index contributed by atoms with van der Waals surface area (Å²) < 4.78 is 0. The van der Waals surface area contributed by atoms with Crippen LogP contribution in [0.15, 0.2) is 24.5 Å². The topological polar surface area (TPSA) is 78.1 Å². The van der Waals surface area contributed by atoms with Gasteiger partial charge < -0.3 is 15.2 Å². The molecule has 1 atom stereocenters. The fourth-order valence-corrected chi connectivity index (χ4v) is 4.19. The molecule has 138 valence electrons. The van der Waals surface area contributed by atoms with E-state index >= 15 is 0 Å². The number of hydrogen-bond acceptors (Lipinski definition) is 3. The van der Waals surface area contributed by atoms with E-state index in [0.29, 0.717) is 24.7 Å². The number of nitrogens with one attached hydrogen (secondary N) is 2. The zero-order valence-electron chi connectivity index (χ0n) is 15.0. The van der Waals surface area contributed by atoms with Gasteiger partial charge in [0.15, 0.2) is 0 Å².